The zero-order valence-electron chi connectivity index (χ0n) is 15.8. The van der Waals surface area contributed by atoms with Crippen molar-refractivity contribution < 1.29 is 39.0 Å². The standard InChI is InChI=1S/C18H27NO8/c1-10-11(2)18(24,9-20)16(22)27-13-5-7-19(25)6-4-12(14(13)19)8-26-15(21)17(10,3)23/h4,10-11,13-14,20,23-24H,5-9H2,1-3H3/t10?,11?,13-,14-,17?,18?,19?/m1/s1. The zero-order valence-corrected chi connectivity index (χ0v) is 15.8. The molecule has 0 spiro atoms. The normalized spacial score (nSPS) is 48.0. The van der Waals surface area contributed by atoms with E-state index in [0.717, 1.165) is 0 Å². The lowest BCUT2D eigenvalue weighted by Crippen LogP contribution is -2.58. The molecule has 0 bridgehead atoms. The van der Waals surface area contributed by atoms with E-state index in [1.54, 1.807) is 6.08 Å². The molecule has 0 aliphatic carbocycles. The van der Waals surface area contributed by atoms with E-state index in [-0.39, 0.29) is 19.7 Å². The summed E-state index contributed by atoms with van der Waals surface area (Å²) in [6, 6.07) is -0.721. The molecule has 9 nitrogen and oxygen atoms in total. The number of hydroxylamine groups is 3. The van der Waals surface area contributed by atoms with Crippen molar-refractivity contribution in [1.82, 2.24) is 0 Å². The van der Waals surface area contributed by atoms with Crippen molar-refractivity contribution >= 4 is 11.9 Å². The molecule has 0 aromatic rings. The van der Waals surface area contributed by atoms with Crippen molar-refractivity contribution in [3.63, 3.8) is 0 Å². The van der Waals surface area contributed by atoms with Crippen LogP contribution >= 0.6 is 0 Å². The fraction of sp³-hybridized carbons (Fsp3) is 0.778. The molecule has 5 unspecified atom stereocenters. The first-order chi connectivity index (χ1) is 12.5. The smallest absolute Gasteiger partial charge is 0.341 e. The number of aliphatic hydroxyl groups excluding tert-OH is 1. The molecule has 3 heterocycles. The summed E-state index contributed by atoms with van der Waals surface area (Å²) in [5.41, 5.74) is -3.80. The number of cyclic esters (lactones) is 1. The molecule has 3 N–H and O–H groups in total. The van der Waals surface area contributed by atoms with Crippen LogP contribution in [0.3, 0.4) is 0 Å². The highest BCUT2D eigenvalue weighted by Gasteiger charge is 2.56. The SMILES string of the molecule is CC1C(C)C(O)(CO)C(=O)O[C@@H]2CC[N+]3([O-])CC=C(COC(=O)C1(C)O)[C@H]23. The summed E-state index contributed by atoms with van der Waals surface area (Å²) in [7, 11) is 0. The topological polar surface area (TPSA) is 136 Å². The summed E-state index contributed by atoms with van der Waals surface area (Å²) >= 11 is 0. The van der Waals surface area contributed by atoms with Gasteiger partial charge in [-0.05, 0) is 13.0 Å². The number of esters is 2. The Kier molecular flexibility index (Phi) is 4.89. The van der Waals surface area contributed by atoms with Gasteiger partial charge in [0.15, 0.2) is 23.3 Å². The summed E-state index contributed by atoms with van der Waals surface area (Å²) in [6.45, 7) is 3.47. The maximum atomic E-state index is 13.0. The molecular weight excluding hydrogens is 358 g/mol. The summed E-state index contributed by atoms with van der Waals surface area (Å²) in [6.07, 6.45) is 1.22. The Hall–Kier alpha value is -1.52. The van der Waals surface area contributed by atoms with Crippen LogP contribution in [0.15, 0.2) is 11.6 Å². The monoisotopic (exact) mass is 385 g/mol. The van der Waals surface area contributed by atoms with Gasteiger partial charge >= 0.3 is 11.9 Å². The molecule has 3 aliphatic heterocycles. The summed E-state index contributed by atoms with van der Waals surface area (Å²) in [5, 5.41) is 44.2. The molecule has 0 amide bonds. The number of hydrogen-bond acceptors (Lipinski definition) is 8. The second-order valence-corrected chi connectivity index (χ2v) is 8.20. The van der Waals surface area contributed by atoms with Gasteiger partial charge in [0.05, 0.1) is 19.7 Å². The van der Waals surface area contributed by atoms with E-state index in [1.807, 2.05) is 0 Å². The third-order valence-corrected chi connectivity index (χ3v) is 6.72. The fourth-order valence-corrected chi connectivity index (χ4v) is 4.37. The number of rotatable bonds is 1. The Bertz CT molecular complexity index is 676. The number of ether oxygens (including phenoxy) is 2. The lowest BCUT2D eigenvalue weighted by atomic mass is 9.73. The molecule has 0 radical (unpaired) electrons. The number of carbonyl (C=O) groups is 2. The molecule has 9 heteroatoms. The Morgan fingerprint density at radius 1 is 1.26 bits per heavy atom. The third kappa shape index (κ3) is 2.98. The van der Waals surface area contributed by atoms with Crippen LogP contribution < -0.4 is 0 Å². The van der Waals surface area contributed by atoms with Crippen LogP contribution in [0.4, 0.5) is 0 Å². The molecule has 2 saturated heterocycles. The minimum Gasteiger partial charge on any atom is -0.632 e. The Morgan fingerprint density at radius 3 is 2.56 bits per heavy atom. The first-order valence-electron chi connectivity index (χ1n) is 9.18. The van der Waals surface area contributed by atoms with Crippen molar-refractivity contribution in [3.8, 4) is 0 Å². The predicted octanol–water partition coefficient (Wildman–Crippen LogP) is -0.771. The average Bonchev–Trinajstić information content (AvgIpc) is 3.12. The highest BCUT2D eigenvalue weighted by Crippen LogP contribution is 2.40. The highest BCUT2D eigenvalue weighted by molar-refractivity contribution is 5.82. The van der Waals surface area contributed by atoms with E-state index < -0.39 is 58.4 Å². The van der Waals surface area contributed by atoms with E-state index in [4.69, 9.17) is 9.47 Å². The molecule has 7 atom stereocenters. The molecule has 2 fully saturated rings. The quantitative estimate of drug-likeness (QED) is 0.232. The Balaban J connectivity index is 2.02. The highest BCUT2D eigenvalue weighted by atomic mass is 16.6. The molecular formula is C18H27NO8. The molecule has 3 aliphatic rings. The minimum atomic E-state index is -2.33. The molecule has 3 rings (SSSR count). The summed E-state index contributed by atoms with van der Waals surface area (Å²) in [4.78, 5) is 25.2. The van der Waals surface area contributed by atoms with Crippen molar-refractivity contribution in [3.05, 3.63) is 16.9 Å². The van der Waals surface area contributed by atoms with Crippen molar-refractivity contribution in [2.24, 2.45) is 11.8 Å². The summed E-state index contributed by atoms with van der Waals surface area (Å²) < 4.78 is 10.1. The fourth-order valence-electron chi connectivity index (χ4n) is 4.37. The molecule has 27 heavy (non-hydrogen) atoms. The maximum absolute atomic E-state index is 13.0. The van der Waals surface area contributed by atoms with E-state index in [9.17, 15) is 30.1 Å². The Labute approximate surface area is 157 Å². The van der Waals surface area contributed by atoms with E-state index in [1.165, 1.54) is 20.8 Å². The second kappa shape index (κ2) is 6.52. The number of nitrogens with zero attached hydrogens (tertiary/aromatic N) is 1. The van der Waals surface area contributed by atoms with Crippen molar-refractivity contribution in [1.29, 1.82) is 0 Å². The van der Waals surface area contributed by atoms with Crippen LogP contribution in [0.25, 0.3) is 0 Å². The lowest BCUT2D eigenvalue weighted by molar-refractivity contribution is -0.877. The number of quaternary nitrogens is 1. The third-order valence-electron chi connectivity index (χ3n) is 6.72. The van der Waals surface area contributed by atoms with E-state index in [0.29, 0.717) is 12.0 Å². The first kappa shape index (κ1) is 20.2. The van der Waals surface area contributed by atoms with E-state index in [2.05, 4.69) is 0 Å². The summed E-state index contributed by atoms with van der Waals surface area (Å²) in [5.74, 6) is -3.93. The minimum absolute atomic E-state index is 0.165. The average molecular weight is 385 g/mol. The van der Waals surface area contributed by atoms with Gasteiger partial charge in [-0.25, -0.2) is 9.59 Å². The Morgan fingerprint density at radius 2 is 1.93 bits per heavy atom. The van der Waals surface area contributed by atoms with Gasteiger partial charge in [0, 0.05) is 23.8 Å². The van der Waals surface area contributed by atoms with Crippen LogP contribution in [-0.2, 0) is 19.1 Å². The van der Waals surface area contributed by atoms with Gasteiger partial charge in [0.25, 0.3) is 0 Å². The predicted molar refractivity (Wildman–Crippen MR) is 91.7 cm³/mol. The van der Waals surface area contributed by atoms with Crippen molar-refractivity contribution in [2.75, 3.05) is 26.3 Å². The van der Waals surface area contributed by atoms with E-state index >= 15 is 0 Å². The second-order valence-electron chi connectivity index (χ2n) is 8.20. The van der Waals surface area contributed by atoms with Gasteiger partial charge in [0.2, 0.25) is 0 Å². The van der Waals surface area contributed by atoms with Crippen LogP contribution in [0.2, 0.25) is 0 Å². The van der Waals surface area contributed by atoms with Crippen LogP contribution in [0.5, 0.6) is 0 Å². The van der Waals surface area contributed by atoms with Crippen LogP contribution in [-0.4, -0.2) is 81.6 Å². The van der Waals surface area contributed by atoms with Crippen LogP contribution in [0.1, 0.15) is 27.2 Å². The maximum Gasteiger partial charge on any atom is 0.341 e. The zero-order chi connectivity index (χ0) is 20.2. The lowest BCUT2D eigenvalue weighted by Gasteiger charge is -2.42. The van der Waals surface area contributed by atoms with Gasteiger partial charge in [0.1, 0.15) is 6.61 Å². The van der Waals surface area contributed by atoms with Gasteiger partial charge in [-0.2, -0.15) is 0 Å². The van der Waals surface area contributed by atoms with Crippen molar-refractivity contribution in [2.45, 2.75) is 50.5 Å². The van der Waals surface area contributed by atoms with Gasteiger partial charge in [-0.3, -0.25) is 0 Å². The number of carbonyl (C=O) groups excluding carboxylic acids is 2. The largest absolute Gasteiger partial charge is 0.632 e. The first-order valence-corrected chi connectivity index (χ1v) is 9.18. The van der Waals surface area contributed by atoms with Gasteiger partial charge in [-0.15, -0.1) is 0 Å². The number of hydrogen-bond donors (Lipinski definition) is 3. The van der Waals surface area contributed by atoms with Gasteiger partial charge < -0.3 is 34.6 Å². The van der Waals surface area contributed by atoms with Crippen LogP contribution in [0, 0.1) is 17.0 Å². The molecule has 152 valence electrons. The number of aliphatic hydroxyl groups is 3. The molecule has 0 aromatic heterocycles. The molecule has 0 aromatic carbocycles. The van der Waals surface area contributed by atoms with Gasteiger partial charge in [-0.1, -0.05) is 13.8 Å². The molecule has 0 saturated carbocycles.